The van der Waals surface area contributed by atoms with Gasteiger partial charge >= 0.3 is 0 Å². The van der Waals surface area contributed by atoms with Gasteiger partial charge in [0.15, 0.2) is 0 Å². The molecule has 4 heteroatoms. The fourth-order valence-corrected chi connectivity index (χ4v) is 2.36. The van der Waals surface area contributed by atoms with Crippen molar-refractivity contribution in [3.8, 4) is 0 Å². The van der Waals surface area contributed by atoms with E-state index in [0.29, 0.717) is 23.3 Å². The first-order valence-electron chi connectivity index (χ1n) is 5.65. The third kappa shape index (κ3) is 2.25. The smallest absolute Gasteiger partial charge is 0.0660 e. The molecule has 3 nitrogen and oxygen atoms in total. The number of hydrogen-bond acceptors (Lipinski definition) is 3. The molecule has 0 saturated heterocycles. The monoisotopic (exact) mass is 240 g/mol. The zero-order valence-electron chi connectivity index (χ0n) is 9.19. The van der Waals surface area contributed by atoms with Crippen LogP contribution < -0.4 is 10.6 Å². The SMILES string of the molecule is Nc1ccc(N(CCO)C2CCC2)c(Cl)c1. The van der Waals surface area contributed by atoms with Gasteiger partial charge in [0.2, 0.25) is 0 Å². The van der Waals surface area contributed by atoms with E-state index in [1.54, 1.807) is 6.07 Å². The Morgan fingerprint density at radius 1 is 1.44 bits per heavy atom. The van der Waals surface area contributed by atoms with Gasteiger partial charge in [0, 0.05) is 18.3 Å². The Hall–Kier alpha value is -0.930. The summed E-state index contributed by atoms with van der Waals surface area (Å²) in [4.78, 5) is 2.19. The minimum atomic E-state index is 0.150. The standard InChI is InChI=1S/C12H17ClN2O/c13-11-8-9(14)4-5-12(11)15(6-7-16)10-2-1-3-10/h4-5,8,10,16H,1-3,6-7,14H2. The van der Waals surface area contributed by atoms with E-state index in [1.165, 1.54) is 19.3 Å². The van der Waals surface area contributed by atoms with Gasteiger partial charge in [-0.3, -0.25) is 0 Å². The van der Waals surface area contributed by atoms with Gasteiger partial charge in [-0.05, 0) is 37.5 Å². The summed E-state index contributed by atoms with van der Waals surface area (Å²) in [6.45, 7) is 0.783. The predicted octanol–water partition coefficient (Wildman–Crippen LogP) is 2.27. The van der Waals surface area contributed by atoms with Gasteiger partial charge in [0.1, 0.15) is 0 Å². The van der Waals surface area contributed by atoms with Gasteiger partial charge in [-0.15, -0.1) is 0 Å². The molecule has 0 heterocycles. The molecular weight excluding hydrogens is 224 g/mol. The lowest BCUT2D eigenvalue weighted by atomic mass is 9.91. The molecular formula is C12H17ClN2O. The number of nitrogens with two attached hydrogens (primary N) is 1. The van der Waals surface area contributed by atoms with Gasteiger partial charge in [-0.2, -0.15) is 0 Å². The first-order valence-corrected chi connectivity index (χ1v) is 6.02. The van der Waals surface area contributed by atoms with Gasteiger partial charge in [0.25, 0.3) is 0 Å². The molecule has 0 spiro atoms. The van der Waals surface area contributed by atoms with Crippen molar-refractivity contribution in [2.24, 2.45) is 0 Å². The zero-order valence-corrected chi connectivity index (χ0v) is 9.95. The van der Waals surface area contributed by atoms with Crippen LogP contribution in [0.15, 0.2) is 18.2 Å². The van der Waals surface area contributed by atoms with Crippen molar-refractivity contribution in [3.05, 3.63) is 23.2 Å². The van der Waals surface area contributed by atoms with E-state index in [0.717, 1.165) is 5.69 Å². The van der Waals surface area contributed by atoms with Gasteiger partial charge in [-0.25, -0.2) is 0 Å². The maximum atomic E-state index is 9.10. The molecule has 0 bridgehead atoms. The van der Waals surface area contributed by atoms with Crippen LogP contribution >= 0.6 is 11.6 Å². The van der Waals surface area contributed by atoms with Gasteiger partial charge < -0.3 is 15.7 Å². The molecule has 1 fully saturated rings. The number of aliphatic hydroxyl groups excluding tert-OH is 1. The first-order chi connectivity index (χ1) is 7.72. The van der Waals surface area contributed by atoms with E-state index in [-0.39, 0.29) is 6.61 Å². The van der Waals surface area contributed by atoms with Gasteiger partial charge in [-0.1, -0.05) is 11.6 Å². The number of rotatable bonds is 4. The maximum Gasteiger partial charge on any atom is 0.0660 e. The summed E-state index contributed by atoms with van der Waals surface area (Å²) >= 11 is 6.18. The van der Waals surface area contributed by atoms with Crippen LogP contribution in [0.3, 0.4) is 0 Å². The molecule has 2 rings (SSSR count). The molecule has 1 aliphatic rings. The highest BCUT2D eigenvalue weighted by atomic mass is 35.5. The van der Waals surface area contributed by atoms with E-state index in [4.69, 9.17) is 22.4 Å². The minimum absolute atomic E-state index is 0.150. The van der Waals surface area contributed by atoms with Crippen LogP contribution in [-0.4, -0.2) is 24.3 Å². The van der Waals surface area contributed by atoms with E-state index in [9.17, 15) is 0 Å². The average Bonchev–Trinajstić information content (AvgIpc) is 2.14. The highest BCUT2D eigenvalue weighted by molar-refractivity contribution is 6.33. The molecule has 1 aromatic rings. The quantitative estimate of drug-likeness (QED) is 0.794. The normalized spacial score (nSPS) is 15.9. The van der Waals surface area contributed by atoms with Gasteiger partial charge in [0.05, 0.1) is 17.3 Å². The largest absolute Gasteiger partial charge is 0.399 e. The van der Waals surface area contributed by atoms with Crippen molar-refractivity contribution in [3.63, 3.8) is 0 Å². The molecule has 0 radical (unpaired) electrons. The minimum Gasteiger partial charge on any atom is -0.399 e. The number of benzene rings is 1. The molecule has 0 atom stereocenters. The summed E-state index contributed by atoms with van der Waals surface area (Å²) in [6, 6.07) is 6.07. The van der Waals surface area contributed by atoms with Crippen molar-refractivity contribution >= 4 is 23.0 Å². The lowest BCUT2D eigenvalue weighted by molar-refractivity contribution is 0.283. The predicted molar refractivity (Wildman–Crippen MR) is 67.9 cm³/mol. The molecule has 3 N–H and O–H groups in total. The molecule has 1 aliphatic carbocycles. The fourth-order valence-electron chi connectivity index (χ4n) is 2.06. The second-order valence-electron chi connectivity index (χ2n) is 4.21. The summed E-state index contributed by atoms with van der Waals surface area (Å²) < 4.78 is 0. The van der Waals surface area contributed by atoms with E-state index in [1.807, 2.05) is 12.1 Å². The zero-order chi connectivity index (χ0) is 11.5. The van der Waals surface area contributed by atoms with Crippen LogP contribution in [0.2, 0.25) is 5.02 Å². The van der Waals surface area contributed by atoms with Crippen LogP contribution in [0, 0.1) is 0 Å². The highest BCUT2D eigenvalue weighted by Crippen LogP contribution is 2.34. The lowest BCUT2D eigenvalue weighted by Crippen LogP contribution is -2.42. The molecule has 88 valence electrons. The third-order valence-electron chi connectivity index (χ3n) is 3.14. The molecule has 0 aromatic heterocycles. The highest BCUT2D eigenvalue weighted by Gasteiger charge is 2.25. The second kappa shape index (κ2) is 4.93. The molecule has 1 saturated carbocycles. The molecule has 1 aromatic carbocycles. The number of nitrogens with zero attached hydrogens (tertiary/aromatic N) is 1. The Morgan fingerprint density at radius 2 is 2.19 bits per heavy atom. The number of nitrogen functional groups attached to an aromatic ring is 1. The third-order valence-corrected chi connectivity index (χ3v) is 3.44. The summed E-state index contributed by atoms with van der Waals surface area (Å²) in [5, 5.41) is 9.77. The Labute approximate surface area is 101 Å². The average molecular weight is 241 g/mol. The maximum absolute atomic E-state index is 9.10. The summed E-state index contributed by atoms with van der Waals surface area (Å²) in [7, 11) is 0. The number of hydrogen-bond donors (Lipinski definition) is 2. The second-order valence-corrected chi connectivity index (χ2v) is 4.62. The lowest BCUT2D eigenvalue weighted by Gasteiger charge is -2.39. The van der Waals surface area contributed by atoms with Crippen LogP contribution in [-0.2, 0) is 0 Å². The molecule has 0 aliphatic heterocycles. The van der Waals surface area contributed by atoms with Crippen LogP contribution in [0.25, 0.3) is 0 Å². The Bertz CT molecular complexity index is 366. The summed E-state index contributed by atoms with van der Waals surface area (Å²) in [5.74, 6) is 0. The van der Waals surface area contributed by atoms with E-state index in [2.05, 4.69) is 4.90 Å². The summed E-state index contributed by atoms with van der Waals surface area (Å²) in [5.41, 5.74) is 7.33. The Morgan fingerprint density at radius 3 is 2.69 bits per heavy atom. The van der Waals surface area contributed by atoms with Crippen molar-refractivity contribution in [1.29, 1.82) is 0 Å². The molecule has 0 unspecified atom stereocenters. The number of halogens is 1. The van der Waals surface area contributed by atoms with Crippen molar-refractivity contribution in [2.75, 3.05) is 23.8 Å². The van der Waals surface area contributed by atoms with Crippen molar-refractivity contribution in [2.45, 2.75) is 25.3 Å². The summed E-state index contributed by atoms with van der Waals surface area (Å²) in [6.07, 6.45) is 3.63. The fraction of sp³-hybridized carbons (Fsp3) is 0.500. The molecule has 0 amide bonds. The number of aliphatic hydroxyl groups is 1. The topological polar surface area (TPSA) is 49.5 Å². The molecule has 16 heavy (non-hydrogen) atoms. The van der Waals surface area contributed by atoms with Crippen molar-refractivity contribution in [1.82, 2.24) is 0 Å². The van der Waals surface area contributed by atoms with Crippen LogP contribution in [0.1, 0.15) is 19.3 Å². The Balaban J connectivity index is 2.23. The van der Waals surface area contributed by atoms with Crippen molar-refractivity contribution < 1.29 is 5.11 Å². The Kier molecular flexibility index (Phi) is 3.56. The first kappa shape index (κ1) is 11.6. The van der Waals surface area contributed by atoms with E-state index < -0.39 is 0 Å². The van der Waals surface area contributed by atoms with E-state index >= 15 is 0 Å². The van der Waals surface area contributed by atoms with Crippen LogP contribution in [0.5, 0.6) is 0 Å². The van der Waals surface area contributed by atoms with Crippen LogP contribution in [0.4, 0.5) is 11.4 Å². The number of anilines is 2.